The van der Waals surface area contributed by atoms with Crippen LogP contribution < -0.4 is 10.6 Å². The highest BCUT2D eigenvalue weighted by Gasteiger charge is 2.35. The lowest BCUT2D eigenvalue weighted by molar-refractivity contribution is -0.136. The molecule has 2 aliphatic rings. The smallest absolute Gasteiger partial charge is 0.225 e. The topological polar surface area (TPSA) is 63.2 Å². The molecule has 0 unspecified atom stereocenters. The summed E-state index contributed by atoms with van der Waals surface area (Å²) in [5, 5.41) is 6.41. The molecule has 3 heterocycles. The Morgan fingerprint density at radius 2 is 2.26 bits per heavy atom. The maximum atomic E-state index is 12.2. The van der Waals surface area contributed by atoms with Crippen molar-refractivity contribution in [3.63, 3.8) is 0 Å². The number of piperidine rings is 1. The van der Waals surface area contributed by atoms with Crippen molar-refractivity contribution in [2.75, 3.05) is 26.2 Å². The predicted molar refractivity (Wildman–Crippen MR) is 94.3 cm³/mol. The van der Waals surface area contributed by atoms with Gasteiger partial charge in [-0.1, -0.05) is 6.07 Å². The molecule has 7 heteroatoms. The molecule has 3 rings (SSSR count). The summed E-state index contributed by atoms with van der Waals surface area (Å²) in [6, 6.07) is 5.85. The van der Waals surface area contributed by atoms with Crippen LogP contribution in [0.3, 0.4) is 0 Å². The minimum absolute atomic E-state index is 0. The van der Waals surface area contributed by atoms with Crippen LogP contribution in [0.2, 0.25) is 0 Å². The summed E-state index contributed by atoms with van der Waals surface area (Å²) in [4.78, 5) is 16.5. The van der Waals surface area contributed by atoms with E-state index in [4.69, 9.17) is 4.74 Å². The van der Waals surface area contributed by atoms with Crippen LogP contribution in [0.5, 0.6) is 0 Å². The Kier molecular flexibility index (Phi) is 8.84. The molecule has 0 saturated carbocycles. The monoisotopic (exact) mass is 361 g/mol. The van der Waals surface area contributed by atoms with Gasteiger partial charge in [0, 0.05) is 31.4 Å². The third kappa shape index (κ3) is 5.60. The van der Waals surface area contributed by atoms with Gasteiger partial charge in [0.25, 0.3) is 0 Å². The van der Waals surface area contributed by atoms with E-state index in [0.717, 1.165) is 38.0 Å². The van der Waals surface area contributed by atoms with Crippen molar-refractivity contribution in [1.82, 2.24) is 15.6 Å². The van der Waals surface area contributed by atoms with Crippen LogP contribution in [0.4, 0.5) is 0 Å². The normalized spacial score (nSPS) is 26.2. The van der Waals surface area contributed by atoms with Crippen molar-refractivity contribution >= 4 is 30.7 Å². The van der Waals surface area contributed by atoms with Gasteiger partial charge in [-0.25, -0.2) is 0 Å². The van der Waals surface area contributed by atoms with E-state index in [1.165, 1.54) is 0 Å². The van der Waals surface area contributed by atoms with E-state index >= 15 is 0 Å². The average Bonchev–Trinajstić information content (AvgIpc) is 2.55. The lowest BCUT2D eigenvalue weighted by Crippen LogP contribution is -2.49. The number of hydrogen-bond acceptors (Lipinski definition) is 4. The summed E-state index contributed by atoms with van der Waals surface area (Å²) in [5.41, 5.74) is 1.01. The first-order valence-corrected chi connectivity index (χ1v) is 7.83. The molecule has 1 amide bonds. The van der Waals surface area contributed by atoms with E-state index in [9.17, 15) is 4.79 Å². The molecule has 5 nitrogen and oxygen atoms in total. The molecule has 0 radical (unpaired) electrons. The largest absolute Gasteiger partial charge is 0.377 e. The maximum absolute atomic E-state index is 12.2. The SMILES string of the molecule is Cl.Cl.O=C(NCCc1ccccn1)[C@@H]1CO[C@@H]2CCNC[C@@H]2C1. The van der Waals surface area contributed by atoms with Gasteiger partial charge >= 0.3 is 0 Å². The molecule has 0 spiro atoms. The van der Waals surface area contributed by atoms with Crippen LogP contribution in [-0.4, -0.2) is 43.2 Å². The van der Waals surface area contributed by atoms with Crippen molar-refractivity contribution in [3.05, 3.63) is 30.1 Å². The summed E-state index contributed by atoms with van der Waals surface area (Å²) < 4.78 is 5.87. The van der Waals surface area contributed by atoms with Gasteiger partial charge < -0.3 is 15.4 Å². The van der Waals surface area contributed by atoms with E-state index in [1.54, 1.807) is 6.20 Å². The zero-order chi connectivity index (χ0) is 14.5. The van der Waals surface area contributed by atoms with Gasteiger partial charge in [-0.05, 0) is 37.4 Å². The van der Waals surface area contributed by atoms with Crippen molar-refractivity contribution < 1.29 is 9.53 Å². The van der Waals surface area contributed by atoms with Crippen LogP contribution in [0.1, 0.15) is 18.5 Å². The van der Waals surface area contributed by atoms with Crippen molar-refractivity contribution in [3.8, 4) is 0 Å². The second-order valence-corrected chi connectivity index (χ2v) is 5.92. The Bertz CT molecular complexity index is 476. The number of nitrogens with one attached hydrogen (secondary N) is 2. The average molecular weight is 362 g/mol. The van der Waals surface area contributed by atoms with Gasteiger partial charge in [0.05, 0.1) is 18.6 Å². The fourth-order valence-corrected chi connectivity index (χ4v) is 3.21. The van der Waals surface area contributed by atoms with E-state index < -0.39 is 0 Å². The lowest BCUT2D eigenvalue weighted by Gasteiger charge is -2.39. The highest BCUT2D eigenvalue weighted by atomic mass is 35.5. The van der Waals surface area contributed by atoms with Crippen LogP contribution in [0.15, 0.2) is 24.4 Å². The molecule has 23 heavy (non-hydrogen) atoms. The fourth-order valence-electron chi connectivity index (χ4n) is 3.21. The molecule has 3 atom stereocenters. The highest BCUT2D eigenvalue weighted by Crippen LogP contribution is 2.28. The zero-order valence-electron chi connectivity index (χ0n) is 13.1. The number of aromatic nitrogens is 1. The first kappa shape index (κ1) is 20.2. The van der Waals surface area contributed by atoms with Crippen LogP contribution in [0, 0.1) is 11.8 Å². The quantitative estimate of drug-likeness (QED) is 0.854. The second kappa shape index (κ2) is 10.1. The molecule has 1 aromatic rings. The number of carbonyl (C=O) groups is 1. The number of rotatable bonds is 4. The Hall–Kier alpha value is -0.880. The number of fused-ring (bicyclic) bond motifs is 1. The molecule has 0 bridgehead atoms. The van der Waals surface area contributed by atoms with Crippen LogP contribution in [0.25, 0.3) is 0 Å². The minimum Gasteiger partial charge on any atom is -0.377 e. The van der Waals surface area contributed by atoms with E-state index in [2.05, 4.69) is 15.6 Å². The molecule has 2 aliphatic heterocycles. The first-order chi connectivity index (χ1) is 10.3. The number of hydrogen-bond donors (Lipinski definition) is 2. The maximum Gasteiger partial charge on any atom is 0.225 e. The molecular formula is C16H25Cl2N3O2. The molecule has 1 aromatic heterocycles. The zero-order valence-corrected chi connectivity index (χ0v) is 14.7. The summed E-state index contributed by atoms with van der Waals surface area (Å²) in [7, 11) is 0. The predicted octanol–water partition coefficient (Wildman–Crippen LogP) is 1.60. The molecule has 2 saturated heterocycles. The number of nitrogens with zero attached hydrogens (tertiary/aromatic N) is 1. The van der Waals surface area contributed by atoms with Gasteiger partial charge in [-0.3, -0.25) is 9.78 Å². The van der Waals surface area contributed by atoms with Crippen LogP contribution >= 0.6 is 24.8 Å². The number of amides is 1. The number of pyridine rings is 1. The van der Waals surface area contributed by atoms with Gasteiger partial charge in [0.2, 0.25) is 5.91 Å². The molecular weight excluding hydrogens is 337 g/mol. The third-order valence-corrected chi connectivity index (χ3v) is 4.41. The van der Waals surface area contributed by atoms with E-state index in [1.807, 2.05) is 18.2 Å². The van der Waals surface area contributed by atoms with Crippen molar-refractivity contribution in [2.45, 2.75) is 25.4 Å². The van der Waals surface area contributed by atoms with Gasteiger partial charge in [0.1, 0.15) is 0 Å². The molecule has 130 valence electrons. The van der Waals surface area contributed by atoms with Gasteiger partial charge in [-0.15, -0.1) is 24.8 Å². The van der Waals surface area contributed by atoms with Crippen molar-refractivity contribution in [1.29, 1.82) is 0 Å². The number of carbonyl (C=O) groups excluding carboxylic acids is 1. The minimum atomic E-state index is -0.00474. The Balaban J connectivity index is 0.00000132. The van der Waals surface area contributed by atoms with Gasteiger partial charge in [-0.2, -0.15) is 0 Å². The van der Waals surface area contributed by atoms with Crippen LogP contribution in [-0.2, 0) is 16.0 Å². The lowest BCUT2D eigenvalue weighted by atomic mass is 9.84. The molecule has 0 aliphatic carbocycles. The van der Waals surface area contributed by atoms with Crippen molar-refractivity contribution in [2.24, 2.45) is 11.8 Å². The number of ether oxygens (including phenoxy) is 1. The van der Waals surface area contributed by atoms with E-state index in [-0.39, 0.29) is 36.6 Å². The second-order valence-electron chi connectivity index (χ2n) is 5.92. The summed E-state index contributed by atoms with van der Waals surface area (Å²) in [6.45, 7) is 3.21. The molecule has 0 aromatic carbocycles. The highest BCUT2D eigenvalue weighted by molar-refractivity contribution is 5.85. The van der Waals surface area contributed by atoms with E-state index in [0.29, 0.717) is 25.2 Å². The Morgan fingerprint density at radius 3 is 3.04 bits per heavy atom. The summed E-state index contributed by atoms with van der Waals surface area (Å²) in [6.07, 6.45) is 4.91. The number of halogens is 2. The fraction of sp³-hybridized carbons (Fsp3) is 0.625. The molecule has 2 N–H and O–H groups in total. The third-order valence-electron chi connectivity index (χ3n) is 4.41. The Labute approximate surface area is 149 Å². The van der Waals surface area contributed by atoms with Gasteiger partial charge in [0.15, 0.2) is 0 Å². The summed E-state index contributed by atoms with van der Waals surface area (Å²) >= 11 is 0. The summed E-state index contributed by atoms with van der Waals surface area (Å²) in [5.74, 6) is 0.601. The first-order valence-electron chi connectivity index (χ1n) is 7.83. The Morgan fingerprint density at radius 1 is 1.39 bits per heavy atom. The standard InChI is InChI=1S/C16H23N3O2.2ClH/c20-16(19-8-4-14-3-1-2-6-18-14)13-9-12-10-17-7-5-15(12)21-11-13;;/h1-3,6,12-13,15,17H,4-5,7-11H2,(H,19,20);2*1H/t12-,13-,15+;;/m0../s1. The molecule has 2 fully saturated rings.